The summed E-state index contributed by atoms with van der Waals surface area (Å²) in [5, 5.41) is 2.85. The molecule has 1 aliphatic heterocycles. The fourth-order valence-corrected chi connectivity index (χ4v) is 2.75. The Morgan fingerprint density at radius 2 is 1.80 bits per heavy atom. The largest absolute Gasteiger partial charge is 0.497 e. The Kier molecular flexibility index (Phi) is 5.18. The van der Waals surface area contributed by atoms with Crippen molar-refractivity contribution < 1.29 is 14.3 Å². The van der Waals surface area contributed by atoms with Gasteiger partial charge < -0.3 is 15.0 Å². The van der Waals surface area contributed by atoms with Crippen molar-refractivity contribution in [2.45, 2.75) is 6.54 Å². The van der Waals surface area contributed by atoms with Crippen molar-refractivity contribution in [1.82, 2.24) is 10.2 Å². The third kappa shape index (κ3) is 4.09. The lowest BCUT2D eigenvalue weighted by Gasteiger charge is -2.18. The van der Waals surface area contributed by atoms with Crippen LogP contribution in [0.2, 0.25) is 0 Å². The van der Waals surface area contributed by atoms with Gasteiger partial charge in [0.15, 0.2) is 0 Å². The van der Waals surface area contributed by atoms with Gasteiger partial charge in [-0.05, 0) is 29.8 Å². The molecule has 1 heterocycles. The van der Waals surface area contributed by atoms with E-state index in [1.165, 1.54) is 0 Å². The number of rotatable bonds is 6. The minimum atomic E-state index is -0.168. The molecular weight excluding hydrogens is 318 g/mol. The first-order valence-corrected chi connectivity index (χ1v) is 8.18. The highest BCUT2D eigenvalue weighted by atomic mass is 16.5. The number of para-hydroxylation sites is 1. The molecule has 0 aliphatic carbocycles. The first-order chi connectivity index (χ1) is 12.2. The van der Waals surface area contributed by atoms with Crippen LogP contribution in [0.15, 0.2) is 54.6 Å². The van der Waals surface area contributed by atoms with Crippen LogP contribution in [0.25, 0.3) is 0 Å². The highest BCUT2D eigenvalue weighted by Crippen LogP contribution is 2.19. The average molecular weight is 339 g/mol. The summed E-state index contributed by atoms with van der Waals surface area (Å²) >= 11 is 0. The number of methoxy groups -OCH3 is 1. The lowest BCUT2D eigenvalue weighted by molar-refractivity contribution is -0.121. The molecular formula is C19H21N3O3. The quantitative estimate of drug-likeness (QED) is 0.878. The van der Waals surface area contributed by atoms with E-state index in [4.69, 9.17) is 4.74 Å². The van der Waals surface area contributed by atoms with Crippen LogP contribution in [0.5, 0.6) is 5.75 Å². The topological polar surface area (TPSA) is 61.9 Å². The molecule has 6 heteroatoms. The molecule has 0 radical (unpaired) electrons. The summed E-state index contributed by atoms with van der Waals surface area (Å²) in [5.74, 6) is 0.609. The number of anilines is 1. The second-order valence-corrected chi connectivity index (χ2v) is 5.82. The number of amides is 3. The highest BCUT2D eigenvalue weighted by molar-refractivity contribution is 5.96. The van der Waals surface area contributed by atoms with Gasteiger partial charge >= 0.3 is 6.03 Å². The molecule has 1 fully saturated rings. The lowest BCUT2D eigenvalue weighted by Crippen LogP contribution is -2.39. The van der Waals surface area contributed by atoms with Crippen molar-refractivity contribution in [3.8, 4) is 5.75 Å². The standard InChI is InChI=1S/C19H21N3O3/c1-25-17-9-7-15(8-10-17)13-20-18(23)14-21-11-12-22(19(21)24)16-5-3-2-4-6-16/h2-10H,11-14H2,1H3,(H,20,23). The van der Waals surface area contributed by atoms with Crippen LogP contribution in [0.1, 0.15) is 5.56 Å². The van der Waals surface area contributed by atoms with Crippen LogP contribution in [-0.4, -0.2) is 43.6 Å². The van der Waals surface area contributed by atoms with Gasteiger partial charge in [-0.25, -0.2) is 4.79 Å². The van der Waals surface area contributed by atoms with Crippen LogP contribution >= 0.6 is 0 Å². The van der Waals surface area contributed by atoms with Crippen LogP contribution in [-0.2, 0) is 11.3 Å². The third-order valence-electron chi connectivity index (χ3n) is 4.15. The molecule has 130 valence electrons. The van der Waals surface area contributed by atoms with Gasteiger partial charge in [0.1, 0.15) is 12.3 Å². The minimum Gasteiger partial charge on any atom is -0.497 e. The number of nitrogens with one attached hydrogen (secondary N) is 1. The molecule has 0 atom stereocenters. The Morgan fingerprint density at radius 1 is 1.08 bits per heavy atom. The van der Waals surface area contributed by atoms with E-state index in [0.717, 1.165) is 17.0 Å². The molecule has 25 heavy (non-hydrogen) atoms. The predicted octanol–water partition coefficient (Wildman–Crippen LogP) is 2.25. The lowest BCUT2D eigenvalue weighted by atomic mass is 10.2. The zero-order valence-corrected chi connectivity index (χ0v) is 14.1. The second kappa shape index (κ2) is 7.70. The van der Waals surface area contributed by atoms with Gasteiger partial charge in [0.05, 0.1) is 7.11 Å². The third-order valence-corrected chi connectivity index (χ3v) is 4.15. The number of urea groups is 1. The summed E-state index contributed by atoms with van der Waals surface area (Å²) in [7, 11) is 1.61. The van der Waals surface area contributed by atoms with Gasteiger partial charge in [0.2, 0.25) is 5.91 Å². The van der Waals surface area contributed by atoms with E-state index in [2.05, 4.69) is 5.32 Å². The van der Waals surface area contributed by atoms with Gasteiger partial charge in [-0.15, -0.1) is 0 Å². The molecule has 0 saturated carbocycles. The number of hydrogen-bond acceptors (Lipinski definition) is 3. The average Bonchev–Trinajstić information content (AvgIpc) is 3.01. The molecule has 1 saturated heterocycles. The predicted molar refractivity (Wildman–Crippen MR) is 95.6 cm³/mol. The SMILES string of the molecule is COc1ccc(CNC(=O)CN2CCN(c3ccccc3)C2=O)cc1. The second-order valence-electron chi connectivity index (χ2n) is 5.82. The Balaban J connectivity index is 1.50. The number of carbonyl (C=O) groups is 2. The smallest absolute Gasteiger partial charge is 0.325 e. The molecule has 3 amide bonds. The monoisotopic (exact) mass is 339 g/mol. The molecule has 0 aromatic heterocycles. The van der Waals surface area contributed by atoms with Crippen molar-refractivity contribution in [2.75, 3.05) is 31.6 Å². The van der Waals surface area contributed by atoms with Crippen molar-refractivity contribution in [3.05, 3.63) is 60.2 Å². The van der Waals surface area contributed by atoms with Crippen molar-refractivity contribution >= 4 is 17.6 Å². The van der Waals surface area contributed by atoms with E-state index in [0.29, 0.717) is 19.6 Å². The highest BCUT2D eigenvalue weighted by Gasteiger charge is 2.30. The minimum absolute atomic E-state index is 0.0678. The molecule has 1 N–H and O–H groups in total. The molecule has 2 aromatic rings. The Labute approximate surface area is 147 Å². The van der Waals surface area contributed by atoms with E-state index < -0.39 is 0 Å². The van der Waals surface area contributed by atoms with E-state index in [9.17, 15) is 9.59 Å². The number of hydrogen-bond donors (Lipinski definition) is 1. The van der Waals surface area contributed by atoms with Crippen molar-refractivity contribution in [3.63, 3.8) is 0 Å². The summed E-state index contributed by atoms with van der Waals surface area (Å²) in [5.41, 5.74) is 1.83. The fourth-order valence-electron chi connectivity index (χ4n) is 2.75. The van der Waals surface area contributed by atoms with Gasteiger partial charge in [0, 0.05) is 25.3 Å². The maximum atomic E-state index is 12.4. The normalized spacial score (nSPS) is 13.9. The summed E-state index contributed by atoms with van der Waals surface area (Å²) in [6.45, 7) is 1.63. The molecule has 0 spiro atoms. The molecule has 2 aromatic carbocycles. The van der Waals surface area contributed by atoms with E-state index in [1.807, 2.05) is 54.6 Å². The van der Waals surface area contributed by atoms with Gasteiger partial charge in [-0.2, -0.15) is 0 Å². The van der Waals surface area contributed by atoms with Gasteiger partial charge in [-0.3, -0.25) is 9.69 Å². The van der Waals surface area contributed by atoms with E-state index >= 15 is 0 Å². The summed E-state index contributed by atoms with van der Waals surface area (Å²) in [6, 6.07) is 16.9. The van der Waals surface area contributed by atoms with Crippen LogP contribution < -0.4 is 15.0 Å². The van der Waals surface area contributed by atoms with Crippen molar-refractivity contribution in [2.24, 2.45) is 0 Å². The number of benzene rings is 2. The molecule has 6 nitrogen and oxygen atoms in total. The zero-order chi connectivity index (χ0) is 17.6. The Hall–Kier alpha value is -3.02. The summed E-state index contributed by atoms with van der Waals surface area (Å²) in [6.07, 6.45) is 0. The van der Waals surface area contributed by atoms with Crippen LogP contribution in [0.3, 0.4) is 0 Å². The number of ether oxygens (including phenoxy) is 1. The molecule has 1 aliphatic rings. The van der Waals surface area contributed by atoms with Crippen LogP contribution in [0, 0.1) is 0 Å². The zero-order valence-electron chi connectivity index (χ0n) is 14.1. The fraction of sp³-hybridized carbons (Fsp3) is 0.263. The molecule has 3 rings (SSSR count). The van der Waals surface area contributed by atoms with E-state index in [-0.39, 0.29) is 18.5 Å². The van der Waals surface area contributed by atoms with E-state index in [1.54, 1.807) is 16.9 Å². The summed E-state index contributed by atoms with van der Waals surface area (Å²) in [4.78, 5) is 27.8. The number of carbonyl (C=O) groups excluding carboxylic acids is 2. The van der Waals surface area contributed by atoms with Gasteiger partial charge in [0.25, 0.3) is 0 Å². The summed E-state index contributed by atoms with van der Waals surface area (Å²) < 4.78 is 5.11. The maximum absolute atomic E-state index is 12.4. The Bertz CT molecular complexity index is 731. The first kappa shape index (κ1) is 16.8. The van der Waals surface area contributed by atoms with Crippen LogP contribution in [0.4, 0.5) is 10.5 Å². The maximum Gasteiger partial charge on any atom is 0.325 e. The molecule has 0 bridgehead atoms. The molecule has 0 unspecified atom stereocenters. The van der Waals surface area contributed by atoms with Crippen molar-refractivity contribution in [1.29, 1.82) is 0 Å². The van der Waals surface area contributed by atoms with Gasteiger partial charge in [-0.1, -0.05) is 30.3 Å². The number of nitrogens with zero attached hydrogens (tertiary/aromatic N) is 2. The Morgan fingerprint density at radius 3 is 2.48 bits per heavy atom. The first-order valence-electron chi connectivity index (χ1n) is 8.18.